The fraction of sp³-hybridized carbons (Fsp3) is 0.529. The van der Waals surface area contributed by atoms with Crippen LogP contribution in [-0.4, -0.2) is 37.3 Å². The standard InChI is InChI=1S/C17H23NO5/c1-22-13-5-6-15(14(11-13)17(20)21)18-16(19)4-2-3-12-7-9-23-10-8-12/h5-6,11-12H,2-4,7-10H2,1H3,(H,18,19)(H,20,21). The molecule has 0 aliphatic carbocycles. The first-order valence-electron chi connectivity index (χ1n) is 7.89. The Morgan fingerprint density at radius 1 is 1.35 bits per heavy atom. The van der Waals surface area contributed by atoms with Gasteiger partial charge in [-0.3, -0.25) is 4.79 Å². The first-order valence-corrected chi connectivity index (χ1v) is 7.89. The van der Waals surface area contributed by atoms with Crippen LogP contribution < -0.4 is 10.1 Å². The van der Waals surface area contributed by atoms with Crippen LogP contribution in [0.15, 0.2) is 18.2 Å². The van der Waals surface area contributed by atoms with Crippen LogP contribution in [0.25, 0.3) is 0 Å². The number of carboxylic acid groups (broad SMARTS) is 1. The van der Waals surface area contributed by atoms with Crippen molar-refractivity contribution in [2.24, 2.45) is 5.92 Å². The van der Waals surface area contributed by atoms with Gasteiger partial charge in [0.2, 0.25) is 5.91 Å². The number of anilines is 1. The Morgan fingerprint density at radius 2 is 2.09 bits per heavy atom. The Labute approximate surface area is 135 Å². The number of hydrogen-bond acceptors (Lipinski definition) is 4. The third kappa shape index (κ3) is 5.25. The molecule has 23 heavy (non-hydrogen) atoms. The fourth-order valence-electron chi connectivity index (χ4n) is 2.74. The van der Waals surface area contributed by atoms with Gasteiger partial charge in [0, 0.05) is 19.6 Å². The summed E-state index contributed by atoms with van der Waals surface area (Å²) in [6.45, 7) is 1.62. The number of amides is 1. The van der Waals surface area contributed by atoms with Gasteiger partial charge in [-0.2, -0.15) is 0 Å². The molecule has 1 aromatic rings. The average molecular weight is 321 g/mol. The summed E-state index contributed by atoms with van der Waals surface area (Å²) in [4.78, 5) is 23.3. The van der Waals surface area contributed by atoms with Gasteiger partial charge in [0.15, 0.2) is 0 Å². The highest BCUT2D eigenvalue weighted by molar-refractivity contribution is 6.00. The van der Waals surface area contributed by atoms with Crippen LogP contribution in [-0.2, 0) is 9.53 Å². The molecule has 1 heterocycles. The average Bonchev–Trinajstić information content (AvgIpc) is 2.56. The van der Waals surface area contributed by atoms with Crippen LogP contribution in [0.4, 0.5) is 5.69 Å². The third-order valence-corrected chi connectivity index (χ3v) is 4.09. The van der Waals surface area contributed by atoms with Crippen molar-refractivity contribution in [2.75, 3.05) is 25.6 Å². The number of hydrogen-bond donors (Lipinski definition) is 2. The van der Waals surface area contributed by atoms with Crippen LogP contribution in [0.1, 0.15) is 42.5 Å². The van der Waals surface area contributed by atoms with Gasteiger partial charge >= 0.3 is 5.97 Å². The number of nitrogens with one attached hydrogen (secondary N) is 1. The van der Waals surface area contributed by atoms with Crippen molar-refractivity contribution in [3.63, 3.8) is 0 Å². The van der Waals surface area contributed by atoms with Crippen LogP contribution in [0.3, 0.4) is 0 Å². The molecule has 0 saturated carbocycles. The molecule has 0 radical (unpaired) electrons. The van der Waals surface area contributed by atoms with Gasteiger partial charge in [-0.15, -0.1) is 0 Å². The zero-order valence-corrected chi connectivity index (χ0v) is 13.3. The molecule has 1 fully saturated rings. The highest BCUT2D eigenvalue weighted by Crippen LogP contribution is 2.23. The predicted molar refractivity (Wildman–Crippen MR) is 86.0 cm³/mol. The van der Waals surface area contributed by atoms with Gasteiger partial charge in [-0.1, -0.05) is 0 Å². The number of rotatable bonds is 7. The summed E-state index contributed by atoms with van der Waals surface area (Å²) in [5, 5.41) is 11.9. The summed E-state index contributed by atoms with van der Waals surface area (Å²) >= 11 is 0. The van der Waals surface area contributed by atoms with E-state index >= 15 is 0 Å². The minimum atomic E-state index is -1.10. The summed E-state index contributed by atoms with van der Waals surface area (Å²) in [7, 11) is 1.47. The lowest BCUT2D eigenvalue weighted by molar-refractivity contribution is -0.116. The van der Waals surface area contributed by atoms with Crippen molar-refractivity contribution in [3.05, 3.63) is 23.8 Å². The molecule has 0 unspecified atom stereocenters. The number of carbonyl (C=O) groups is 2. The maximum atomic E-state index is 12.0. The first-order chi connectivity index (χ1) is 11.1. The number of ether oxygens (including phenoxy) is 2. The molecule has 2 rings (SSSR count). The van der Waals surface area contributed by atoms with Crippen LogP contribution in [0.5, 0.6) is 5.75 Å². The number of carboxylic acids is 1. The summed E-state index contributed by atoms with van der Waals surface area (Å²) in [6, 6.07) is 4.59. The molecule has 1 aliphatic heterocycles. The molecule has 6 heteroatoms. The molecule has 1 saturated heterocycles. The molecule has 0 spiro atoms. The van der Waals surface area contributed by atoms with Crippen LogP contribution in [0, 0.1) is 5.92 Å². The Bertz CT molecular complexity index is 552. The van der Waals surface area contributed by atoms with E-state index in [-0.39, 0.29) is 11.5 Å². The van der Waals surface area contributed by atoms with Gasteiger partial charge < -0.3 is 19.9 Å². The van der Waals surface area contributed by atoms with Gasteiger partial charge in [0.1, 0.15) is 5.75 Å². The lowest BCUT2D eigenvalue weighted by Gasteiger charge is -2.21. The first kappa shape index (κ1) is 17.3. The van der Waals surface area contributed by atoms with E-state index < -0.39 is 5.97 Å². The van der Waals surface area contributed by atoms with Gasteiger partial charge in [0.05, 0.1) is 18.4 Å². The van der Waals surface area contributed by atoms with Gasteiger partial charge in [-0.05, 0) is 49.8 Å². The zero-order valence-electron chi connectivity index (χ0n) is 13.3. The normalized spacial score (nSPS) is 15.2. The smallest absolute Gasteiger partial charge is 0.337 e. The summed E-state index contributed by atoms with van der Waals surface area (Å²) in [5.74, 6) is -0.182. The lowest BCUT2D eigenvalue weighted by atomic mass is 9.94. The number of benzene rings is 1. The highest BCUT2D eigenvalue weighted by atomic mass is 16.5. The maximum absolute atomic E-state index is 12.0. The van der Waals surface area contributed by atoms with Crippen molar-refractivity contribution in [3.8, 4) is 5.75 Å². The lowest BCUT2D eigenvalue weighted by Crippen LogP contribution is -2.17. The van der Waals surface area contributed by atoms with Crippen LogP contribution >= 0.6 is 0 Å². The molecule has 126 valence electrons. The quantitative estimate of drug-likeness (QED) is 0.806. The molecular formula is C17H23NO5. The van der Waals surface area contributed by atoms with Gasteiger partial charge in [0.25, 0.3) is 0 Å². The van der Waals surface area contributed by atoms with E-state index in [0.717, 1.165) is 38.9 Å². The van der Waals surface area contributed by atoms with E-state index in [1.807, 2.05) is 0 Å². The molecule has 0 atom stereocenters. The zero-order chi connectivity index (χ0) is 16.7. The monoisotopic (exact) mass is 321 g/mol. The van der Waals surface area contributed by atoms with E-state index in [0.29, 0.717) is 23.8 Å². The predicted octanol–water partition coefficient (Wildman–Crippen LogP) is 2.93. The minimum Gasteiger partial charge on any atom is -0.497 e. The van der Waals surface area contributed by atoms with E-state index in [1.165, 1.54) is 13.2 Å². The molecule has 2 N–H and O–H groups in total. The van der Waals surface area contributed by atoms with Crippen molar-refractivity contribution in [1.29, 1.82) is 0 Å². The maximum Gasteiger partial charge on any atom is 0.337 e. The SMILES string of the molecule is COc1ccc(NC(=O)CCCC2CCOCC2)c(C(=O)O)c1. The molecule has 6 nitrogen and oxygen atoms in total. The van der Waals surface area contributed by atoms with Crippen molar-refractivity contribution in [2.45, 2.75) is 32.1 Å². The Balaban J connectivity index is 1.85. The van der Waals surface area contributed by atoms with Crippen molar-refractivity contribution in [1.82, 2.24) is 0 Å². The van der Waals surface area contributed by atoms with E-state index in [9.17, 15) is 14.7 Å². The Morgan fingerprint density at radius 3 is 2.74 bits per heavy atom. The molecular weight excluding hydrogens is 298 g/mol. The number of carbonyl (C=O) groups excluding carboxylic acids is 1. The highest BCUT2D eigenvalue weighted by Gasteiger charge is 2.16. The van der Waals surface area contributed by atoms with Gasteiger partial charge in [-0.25, -0.2) is 4.79 Å². The minimum absolute atomic E-state index is 0.0297. The third-order valence-electron chi connectivity index (χ3n) is 4.09. The fourth-order valence-corrected chi connectivity index (χ4v) is 2.74. The van der Waals surface area contributed by atoms with Crippen LogP contribution in [0.2, 0.25) is 0 Å². The second-order valence-electron chi connectivity index (χ2n) is 5.71. The molecule has 0 aromatic heterocycles. The number of aromatic carboxylic acids is 1. The van der Waals surface area contributed by atoms with Crippen molar-refractivity contribution < 1.29 is 24.2 Å². The van der Waals surface area contributed by atoms with E-state index in [4.69, 9.17) is 9.47 Å². The van der Waals surface area contributed by atoms with E-state index in [2.05, 4.69) is 5.32 Å². The molecule has 1 aromatic carbocycles. The topological polar surface area (TPSA) is 84.9 Å². The second-order valence-corrected chi connectivity index (χ2v) is 5.71. The van der Waals surface area contributed by atoms with Crippen molar-refractivity contribution >= 4 is 17.6 Å². The Kier molecular flexibility index (Phi) is 6.40. The summed E-state index contributed by atoms with van der Waals surface area (Å²) in [5.41, 5.74) is 0.330. The summed E-state index contributed by atoms with van der Waals surface area (Å²) < 4.78 is 10.3. The van der Waals surface area contributed by atoms with E-state index in [1.54, 1.807) is 12.1 Å². The largest absolute Gasteiger partial charge is 0.497 e. The Hall–Kier alpha value is -2.08. The number of methoxy groups -OCH3 is 1. The summed E-state index contributed by atoms with van der Waals surface area (Å²) in [6.07, 6.45) is 4.31. The molecule has 1 amide bonds. The molecule has 0 bridgehead atoms. The molecule has 1 aliphatic rings. The second kappa shape index (κ2) is 8.53.